The molecule has 0 aromatic heterocycles. The molecule has 1 aromatic carbocycles. The monoisotopic (exact) mass is 243 g/mol. The molecule has 0 spiro atoms. The summed E-state index contributed by atoms with van der Waals surface area (Å²) < 4.78 is 0.985. The number of hydrogen-bond donors (Lipinski definition) is 1. The largest absolute Gasteiger partial charge is 0.304 e. The maximum absolute atomic E-state index is 10.6. The van der Waals surface area contributed by atoms with Gasteiger partial charge in [-0.3, -0.25) is 0 Å². The lowest BCUT2D eigenvalue weighted by Gasteiger charge is -2.10. The van der Waals surface area contributed by atoms with Gasteiger partial charge < -0.3 is 9.63 Å². The molecule has 1 rings (SSSR count). The fraction of sp³-hybridized carbons (Fsp3) is 0.222. The molecule has 1 aromatic rings. The summed E-state index contributed by atoms with van der Waals surface area (Å²) in [5, 5.41) is 0. The highest BCUT2D eigenvalue weighted by Crippen LogP contribution is 2.15. The van der Waals surface area contributed by atoms with Gasteiger partial charge in [0.2, 0.25) is 0 Å². The van der Waals surface area contributed by atoms with Crippen molar-refractivity contribution in [3.8, 4) is 0 Å². The van der Waals surface area contributed by atoms with Crippen LogP contribution in [0.2, 0.25) is 0 Å². The van der Waals surface area contributed by atoms with E-state index in [0.717, 1.165) is 16.3 Å². The van der Waals surface area contributed by atoms with Crippen LogP contribution in [0.15, 0.2) is 28.7 Å². The number of aldehydes is 1. The number of halogens is 1. The number of hydroxylamine groups is 1. The van der Waals surface area contributed by atoms with Gasteiger partial charge >= 0.3 is 0 Å². The van der Waals surface area contributed by atoms with Crippen LogP contribution in [0.5, 0.6) is 0 Å². The van der Waals surface area contributed by atoms with Gasteiger partial charge in [-0.15, -0.1) is 0 Å². The highest BCUT2D eigenvalue weighted by Gasteiger charge is 2.08. The van der Waals surface area contributed by atoms with Crippen molar-refractivity contribution in [2.75, 3.05) is 7.11 Å². The molecule has 0 heterocycles. The van der Waals surface area contributed by atoms with Crippen molar-refractivity contribution in [1.82, 2.24) is 5.48 Å². The third kappa shape index (κ3) is 2.91. The van der Waals surface area contributed by atoms with Gasteiger partial charge in [0.05, 0.1) is 7.11 Å². The van der Waals surface area contributed by atoms with Crippen LogP contribution in [0.1, 0.15) is 11.6 Å². The van der Waals surface area contributed by atoms with Crippen LogP contribution in [0.4, 0.5) is 0 Å². The predicted molar refractivity (Wildman–Crippen MR) is 53.1 cm³/mol. The molecular weight excluding hydrogens is 234 g/mol. The molecular formula is C9H10BrNO2. The standard InChI is InChI=1S/C9H10BrNO2/c1-13-11-9(6-12)7-2-4-8(10)5-3-7/h2-6,9,11H,1H3. The van der Waals surface area contributed by atoms with Crippen LogP contribution in [-0.2, 0) is 9.63 Å². The van der Waals surface area contributed by atoms with Crippen molar-refractivity contribution in [3.05, 3.63) is 34.3 Å². The van der Waals surface area contributed by atoms with E-state index >= 15 is 0 Å². The Kier molecular flexibility index (Phi) is 4.08. The Morgan fingerprint density at radius 3 is 2.54 bits per heavy atom. The van der Waals surface area contributed by atoms with Crippen LogP contribution in [0.25, 0.3) is 0 Å². The zero-order valence-electron chi connectivity index (χ0n) is 7.16. The summed E-state index contributed by atoms with van der Waals surface area (Å²) in [6.07, 6.45) is 0.798. The molecule has 1 atom stereocenters. The zero-order valence-corrected chi connectivity index (χ0v) is 8.74. The first kappa shape index (κ1) is 10.4. The SMILES string of the molecule is CONC(C=O)c1ccc(Br)cc1. The lowest BCUT2D eigenvalue weighted by molar-refractivity contribution is -0.112. The Bertz CT molecular complexity index is 273. The highest BCUT2D eigenvalue weighted by molar-refractivity contribution is 9.10. The molecule has 0 aliphatic heterocycles. The van der Waals surface area contributed by atoms with Crippen LogP contribution in [-0.4, -0.2) is 13.4 Å². The number of nitrogens with one attached hydrogen (secondary N) is 1. The molecule has 1 unspecified atom stereocenters. The third-order valence-corrected chi connectivity index (χ3v) is 2.14. The molecule has 1 N–H and O–H groups in total. The second-order valence-corrected chi connectivity index (χ2v) is 3.40. The van der Waals surface area contributed by atoms with Gasteiger partial charge in [-0.1, -0.05) is 28.1 Å². The molecule has 13 heavy (non-hydrogen) atoms. The Morgan fingerprint density at radius 1 is 1.46 bits per heavy atom. The van der Waals surface area contributed by atoms with Crippen LogP contribution >= 0.6 is 15.9 Å². The topological polar surface area (TPSA) is 38.3 Å². The van der Waals surface area contributed by atoms with Gasteiger partial charge in [0, 0.05) is 4.47 Å². The molecule has 70 valence electrons. The van der Waals surface area contributed by atoms with Crippen molar-refractivity contribution in [2.24, 2.45) is 0 Å². The molecule has 0 fully saturated rings. The van der Waals surface area contributed by atoms with Gasteiger partial charge in [-0.25, -0.2) is 0 Å². The Morgan fingerprint density at radius 2 is 2.08 bits per heavy atom. The Hall–Kier alpha value is -0.710. The van der Waals surface area contributed by atoms with Crippen LogP contribution in [0, 0.1) is 0 Å². The highest BCUT2D eigenvalue weighted by atomic mass is 79.9. The fourth-order valence-corrected chi connectivity index (χ4v) is 1.24. The van der Waals surface area contributed by atoms with Gasteiger partial charge in [-0.05, 0) is 17.7 Å². The molecule has 0 amide bonds. The van der Waals surface area contributed by atoms with Crippen molar-refractivity contribution >= 4 is 22.2 Å². The third-order valence-electron chi connectivity index (χ3n) is 1.61. The van der Waals surface area contributed by atoms with Crippen molar-refractivity contribution in [2.45, 2.75) is 6.04 Å². The lowest BCUT2D eigenvalue weighted by atomic mass is 10.1. The van der Waals surface area contributed by atoms with E-state index in [4.69, 9.17) is 0 Å². The van der Waals surface area contributed by atoms with E-state index in [1.807, 2.05) is 24.3 Å². The summed E-state index contributed by atoms with van der Waals surface area (Å²) in [6, 6.07) is 7.06. The van der Waals surface area contributed by atoms with E-state index in [2.05, 4.69) is 26.2 Å². The molecule has 0 bridgehead atoms. The quantitative estimate of drug-likeness (QED) is 0.648. The summed E-state index contributed by atoms with van der Waals surface area (Å²) in [4.78, 5) is 15.3. The van der Waals surface area contributed by atoms with E-state index in [1.54, 1.807) is 0 Å². The molecule has 0 aliphatic rings. The number of carbonyl (C=O) groups excluding carboxylic acids is 1. The zero-order chi connectivity index (χ0) is 9.68. The summed E-state index contributed by atoms with van der Waals surface area (Å²) in [5.74, 6) is 0. The first-order chi connectivity index (χ1) is 6.27. The van der Waals surface area contributed by atoms with Crippen molar-refractivity contribution in [3.63, 3.8) is 0 Å². The van der Waals surface area contributed by atoms with E-state index in [0.29, 0.717) is 0 Å². The number of rotatable bonds is 4. The van der Waals surface area contributed by atoms with Crippen molar-refractivity contribution in [1.29, 1.82) is 0 Å². The van der Waals surface area contributed by atoms with Gasteiger partial charge in [0.15, 0.2) is 0 Å². The maximum Gasteiger partial charge on any atom is 0.143 e. The minimum absolute atomic E-state index is 0.405. The summed E-state index contributed by atoms with van der Waals surface area (Å²) in [6.45, 7) is 0. The number of carbonyl (C=O) groups is 1. The number of benzene rings is 1. The van der Waals surface area contributed by atoms with E-state index in [-0.39, 0.29) is 0 Å². The second-order valence-electron chi connectivity index (χ2n) is 2.49. The van der Waals surface area contributed by atoms with E-state index < -0.39 is 6.04 Å². The lowest BCUT2D eigenvalue weighted by Crippen LogP contribution is -2.20. The molecule has 3 nitrogen and oxygen atoms in total. The van der Waals surface area contributed by atoms with Gasteiger partial charge in [-0.2, -0.15) is 5.48 Å². The van der Waals surface area contributed by atoms with E-state index in [9.17, 15) is 4.79 Å². The smallest absolute Gasteiger partial charge is 0.143 e. The Labute approximate surface area is 85.2 Å². The molecule has 0 radical (unpaired) electrons. The fourth-order valence-electron chi connectivity index (χ4n) is 0.971. The average molecular weight is 244 g/mol. The van der Waals surface area contributed by atoms with Gasteiger partial charge in [0.25, 0.3) is 0 Å². The second kappa shape index (κ2) is 5.11. The molecule has 0 saturated heterocycles. The molecule has 0 saturated carbocycles. The minimum Gasteiger partial charge on any atom is -0.304 e. The molecule has 0 aliphatic carbocycles. The maximum atomic E-state index is 10.6. The van der Waals surface area contributed by atoms with E-state index in [1.165, 1.54) is 7.11 Å². The average Bonchev–Trinajstić information content (AvgIpc) is 2.16. The summed E-state index contributed by atoms with van der Waals surface area (Å²) >= 11 is 3.32. The van der Waals surface area contributed by atoms with Crippen LogP contribution < -0.4 is 5.48 Å². The first-order valence-corrected chi connectivity index (χ1v) is 4.56. The minimum atomic E-state index is -0.405. The Balaban J connectivity index is 2.79. The van der Waals surface area contributed by atoms with Gasteiger partial charge in [0.1, 0.15) is 12.3 Å². The first-order valence-electron chi connectivity index (χ1n) is 3.77. The van der Waals surface area contributed by atoms with Crippen molar-refractivity contribution < 1.29 is 9.63 Å². The summed E-state index contributed by atoms with van der Waals surface area (Å²) in [5.41, 5.74) is 3.46. The normalized spacial score (nSPS) is 12.5. The number of hydrogen-bond acceptors (Lipinski definition) is 3. The predicted octanol–water partition coefficient (Wildman–Crippen LogP) is 1.84. The molecule has 4 heteroatoms. The van der Waals surface area contributed by atoms with Crippen LogP contribution in [0.3, 0.4) is 0 Å². The summed E-state index contributed by atoms with van der Waals surface area (Å²) in [7, 11) is 1.48.